The highest BCUT2D eigenvalue weighted by molar-refractivity contribution is 9.10. The molecule has 0 saturated heterocycles. The number of amides is 1. The van der Waals surface area contributed by atoms with Gasteiger partial charge in [-0.25, -0.2) is 9.18 Å². The Hall–Kier alpha value is -1.70. The van der Waals surface area contributed by atoms with Crippen LogP contribution >= 0.6 is 27.5 Å². The fourth-order valence-electron chi connectivity index (χ4n) is 4.68. The van der Waals surface area contributed by atoms with Crippen LogP contribution in [-0.2, 0) is 27.5 Å². The van der Waals surface area contributed by atoms with Crippen molar-refractivity contribution in [2.45, 2.75) is 70.3 Å². The maximum absolute atomic E-state index is 15.0. The first-order chi connectivity index (χ1) is 16.6. The molecule has 2 aromatic rings. The van der Waals surface area contributed by atoms with Gasteiger partial charge in [-0.1, -0.05) is 48.0 Å². The molecule has 0 aliphatic carbocycles. The highest BCUT2D eigenvalue weighted by Gasteiger charge is 2.55. The fourth-order valence-corrected chi connectivity index (χ4v) is 6.65. The number of nitrogens with zero attached hydrogens (tertiary/aromatic N) is 1. The molecule has 0 N–H and O–H groups in total. The topological polar surface area (TPSA) is 46.6 Å². The number of allylic oxidation sites excluding steroid dienone is 1. The molecular weight excluding hydrogens is 565 g/mol. The summed E-state index contributed by atoms with van der Waals surface area (Å²) in [7, 11) is -1.23. The number of carbonyl (C=O) groups excluding carboxylic acids is 1. The third kappa shape index (κ3) is 5.58. The number of hydrogen-bond donors (Lipinski definition) is 0. The average molecular weight is 599 g/mol. The van der Waals surface area contributed by atoms with E-state index in [-0.39, 0.29) is 10.9 Å². The van der Waals surface area contributed by atoms with Crippen LogP contribution in [-0.4, -0.2) is 26.4 Å². The van der Waals surface area contributed by atoms with Gasteiger partial charge in [-0.05, 0) is 81.1 Å². The van der Waals surface area contributed by atoms with Gasteiger partial charge in [0.1, 0.15) is 11.4 Å². The van der Waals surface area contributed by atoms with Crippen LogP contribution in [0.25, 0.3) is 0 Å². The SMILES string of the molecule is C=CC[C@@H](C[S@](=O)C(C)(C)C)[C@@]1(c2ccccc2)Cc2c(cc(F)c(Cl)c2Br)N1C(=O)OC(C)(C)C. The van der Waals surface area contributed by atoms with Crippen molar-refractivity contribution >= 4 is 50.1 Å². The van der Waals surface area contributed by atoms with Gasteiger partial charge in [0.15, 0.2) is 0 Å². The van der Waals surface area contributed by atoms with Crippen molar-refractivity contribution in [1.29, 1.82) is 0 Å². The summed E-state index contributed by atoms with van der Waals surface area (Å²) >= 11 is 9.78. The predicted octanol–water partition coefficient (Wildman–Crippen LogP) is 8.17. The largest absolute Gasteiger partial charge is 0.443 e. The van der Waals surface area contributed by atoms with Gasteiger partial charge in [0.25, 0.3) is 0 Å². The zero-order chi connectivity index (χ0) is 27.1. The minimum absolute atomic E-state index is 0.0414. The summed E-state index contributed by atoms with van der Waals surface area (Å²) < 4.78 is 34.3. The van der Waals surface area contributed by atoms with Gasteiger partial charge in [0.2, 0.25) is 0 Å². The number of hydrogen-bond acceptors (Lipinski definition) is 3. The molecule has 0 fully saturated rings. The van der Waals surface area contributed by atoms with Crippen LogP contribution in [0.15, 0.2) is 53.5 Å². The summed E-state index contributed by atoms with van der Waals surface area (Å²) in [5, 5.41) is -0.0414. The van der Waals surface area contributed by atoms with Crippen molar-refractivity contribution in [3.8, 4) is 0 Å². The molecule has 1 aliphatic heterocycles. The van der Waals surface area contributed by atoms with Gasteiger partial charge in [-0.3, -0.25) is 9.11 Å². The first kappa shape index (κ1) is 28.9. The Morgan fingerprint density at radius 2 is 1.89 bits per heavy atom. The summed E-state index contributed by atoms with van der Waals surface area (Å²) in [4.78, 5) is 15.5. The summed E-state index contributed by atoms with van der Waals surface area (Å²) in [5.74, 6) is -0.643. The normalized spacial score (nSPS) is 19.5. The second kappa shape index (κ2) is 10.6. The zero-order valence-corrected chi connectivity index (χ0v) is 24.8. The van der Waals surface area contributed by atoms with E-state index < -0.39 is 38.6 Å². The number of fused-ring (bicyclic) bond motifs is 1. The molecule has 0 aromatic heterocycles. The van der Waals surface area contributed by atoms with Crippen molar-refractivity contribution < 1.29 is 18.1 Å². The molecule has 0 radical (unpaired) electrons. The van der Waals surface area contributed by atoms with Crippen LogP contribution in [0.4, 0.5) is 14.9 Å². The lowest BCUT2D eigenvalue weighted by Gasteiger charge is -2.45. The number of halogens is 3. The predicted molar refractivity (Wildman–Crippen MR) is 151 cm³/mol. The molecule has 8 heteroatoms. The molecule has 0 unspecified atom stereocenters. The van der Waals surface area contributed by atoms with E-state index in [4.69, 9.17) is 16.3 Å². The van der Waals surface area contributed by atoms with Crippen LogP contribution in [0.3, 0.4) is 0 Å². The van der Waals surface area contributed by atoms with E-state index in [1.807, 2.05) is 51.1 Å². The molecule has 1 heterocycles. The van der Waals surface area contributed by atoms with Gasteiger partial charge in [0.05, 0.1) is 16.2 Å². The first-order valence-electron chi connectivity index (χ1n) is 11.9. The molecule has 3 atom stereocenters. The van der Waals surface area contributed by atoms with Gasteiger partial charge < -0.3 is 4.74 Å². The minimum atomic E-state index is -1.23. The van der Waals surface area contributed by atoms with E-state index in [1.165, 1.54) is 6.07 Å². The second-order valence-electron chi connectivity index (χ2n) is 11.1. The quantitative estimate of drug-likeness (QED) is 0.249. The van der Waals surface area contributed by atoms with Crippen LogP contribution < -0.4 is 4.90 Å². The number of anilines is 1. The van der Waals surface area contributed by atoms with Gasteiger partial charge in [-0.2, -0.15) is 0 Å². The zero-order valence-electron chi connectivity index (χ0n) is 21.7. The van der Waals surface area contributed by atoms with Crippen molar-refractivity contribution in [3.63, 3.8) is 0 Å². The average Bonchev–Trinajstić information content (AvgIpc) is 3.12. The van der Waals surface area contributed by atoms with Crippen LogP contribution in [0, 0.1) is 11.7 Å². The molecule has 2 aromatic carbocycles. The maximum atomic E-state index is 15.0. The number of benzene rings is 2. The Bertz CT molecular complexity index is 1180. The van der Waals surface area contributed by atoms with Gasteiger partial charge in [-0.15, -0.1) is 6.58 Å². The summed E-state index contributed by atoms with van der Waals surface area (Å²) in [5.41, 5.74) is 0.130. The Morgan fingerprint density at radius 1 is 1.28 bits per heavy atom. The second-order valence-corrected chi connectivity index (χ2v) is 14.5. The Kier molecular flexibility index (Phi) is 8.48. The van der Waals surface area contributed by atoms with E-state index in [2.05, 4.69) is 22.5 Å². The molecule has 0 saturated carbocycles. The number of carbonyl (C=O) groups is 1. The highest BCUT2D eigenvalue weighted by Crippen LogP contribution is 2.54. The monoisotopic (exact) mass is 597 g/mol. The minimum Gasteiger partial charge on any atom is -0.443 e. The van der Waals surface area contributed by atoms with Gasteiger partial charge >= 0.3 is 6.09 Å². The third-order valence-corrected chi connectivity index (χ3v) is 9.88. The Labute approximate surface area is 229 Å². The van der Waals surface area contributed by atoms with Gasteiger partial charge in [0, 0.05) is 38.1 Å². The van der Waals surface area contributed by atoms with Crippen LogP contribution in [0.5, 0.6) is 0 Å². The molecule has 196 valence electrons. The number of ether oxygens (including phenoxy) is 1. The molecule has 1 amide bonds. The molecule has 3 rings (SSSR count). The summed E-state index contributed by atoms with van der Waals surface area (Å²) in [6, 6.07) is 10.9. The summed E-state index contributed by atoms with van der Waals surface area (Å²) in [6.07, 6.45) is 2.01. The van der Waals surface area contributed by atoms with E-state index in [9.17, 15) is 13.4 Å². The molecule has 0 bridgehead atoms. The lowest BCUT2D eigenvalue weighted by molar-refractivity contribution is 0.0516. The molecular formula is C28H34BrClFNO3S. The third-order valence-electron chi connectivity index (χ3n) is 6.34. The first-order valence-corrected chi connectivity index (χ1v) is 14.4. The number of rotatable bonds is 6. The molecule has 36 heavy (non-hydrogen) atoms. The lowest BCUT2D eigenvalue weighted by Crippen LogP contribution is -2.55. The Morgan fingerprint density at radius 3 is 2.42 bits per heavy atom. The van der Waals surface area contributed by atoms with E-state index in [0.29, 0.717) is 34.3 Å². The lowest BCUT2D eigenvalue weighted by atomic mass is 9.74. The molecule has 4 nitrogen and oxygen atoms in total. The highest BCUT2D eigenvalue weighted by atomic mass is 79.9. The van der Waals surface area contributed by atoms with Crippen molar-refractivity contribution in [2.75, 3.05) is 10.7 Å². The van der Waals surface area contributed by atoms with Crippen LogP contribution in [0.2, 0.25) is 5.02 Å². The standard InChI is InChI=1S/C28H34BrClFNO3S/c1-8-12-19(17-36(34)27(5,6)7)28(18-13-10-9-11-14-18)16-20-22(15-21(31)24(30)23(20)29)32(28)25(33)35-26(2,3)4/h8-11,13-15,19H,1,12,16-17H2,2-7H3/t19-,28-,36-/m0/s1. The smallest absolute Gasteiger partial charge is 0.415 e. The Balaban J connectivity index is 2.37. The summed E-state index contributed by atoms with van der Waals surface area (Å²) in [6.45, 7) is 15.1. The maximum Gasteiger partial charge on any atom is 0.415 e. The molecule has 0 spiro atoms. The van der Waals surface area contributed by atoms with Crippen molar-refractivity contribution in [3.05, 3.63) is 75.5 Å². The van der Waals surface area contributed by atoms with Crippen molar-refractivity contribution in [1.82, 2.24) is 0 Å². The van der Waals surface area contributed by atoms with E-state index >= 15 is 0 Å². The molecule has 1 aliphatic rings. The fraction of sp³-hybridized carbons (Fsp3) is 0.464. The van der Waals surface area contributed by atoms with E-state index in [0.717, 1.165) is 5.56 Å². The van der Waals surface area contributed by atoms with Crippen LogP contribution in [0.1, 0.15) is 59.1 Å². The van der Waals surface area contributed by atoms with Crippen molar-refractivity contribution in [2.24, 2.45) is 5.92 Å². The van der Waals surface area contributed by atoms with E-state index in [1.54, 1.807) is 31.7 Å².